The lowest BCUT2D eigenvalue weighted by Crippen LogP contribution is -2.30. The van der Waals surface area contributed by atoms with Crippen molar-refractivity contribution in [3.63, 3.8) is 0 Å². The molecule has 0 saturated heterocycles. The Morgan fingerprint density at radius 2 is 2.12 bits per heavy atom. The molecule has 17 heavy (non-hydrogen) atoms. The maximum Gasteiger partial charge on any atom is 0.0600 e. The van der Waals surface area contributed by atoms with E-state index in [0.29, 0.717) is 0 Å². The van der Waals surface area contributed by atoms with Crippen LogP contribution >= 0.6 is 27.3 Å². The molecule has 1 aromatic rings. The van der Waals surface area contributed by atoms with Crippen LogP contribution in [0.1, 0.15) is 32.1 Å². The van der Waals surface area contributed by atoms with E-state index >= 15 is 0 Å². The quantitative estimate of drug-likeness (QED) is 0.893. The zero-order valence-electron chi connectivity index (χ0n) is 11.0. The van der Waals surface area contributed by atoms with Gasteiger partial charge in [0.1, 0.15) is 0 Å². The predicted molar refractivity (Wildman–Crippen MR) is 78.4 cm³/mol. The molecule has 0 spiro atoms. The summed E-state index contributed by atoms with van der Waals surface area (Å²) in [5, 5.41) is 12.1. The van der Waals surface area contributed by atoms with E-state index in [-0.39, 0.29) is 11.5 Å². The van der Waals surface area contributed by atoms with E-state index in [0.717, 1.165) is 24.0 Å². The molecule has 0 saturated carbocycles. The summed E-state index contributed by atoms with van der Waals surface area (Å²) in [6, 6.07) is 2.15. The monoisotopic (exact) mass is 319 g/mol. The minimum atomic E-state index is -0.236. The molecule has 1 heterocycles. The van der Waals surface area contributed by atoms with Crippen LogP contribution in [0, 0.1) is 5.41 Å². The van der Waals surface area contributed by atoms with Crippen LogP contribution in [0.25, 0.3) is 0 Å². The van der Waals surface area contributed by atoms with Crippen LogP contribution in [0.5, 0.6) is 0 Å². The highest BCUT2D eigenvalue weighted by molar-refractivity contribution is 9.10. The van der Waals surface area contributed by atoms with Gasteiger partial charge in [-0.25, -0.2) is 0 Å². The molecule has 0 radical (unpaired) electrons. The van der Waals surface area contributed by atoms with Crippen molar-refractivity contribution in [2.45, 2.75) is 39.8 Å². The third-order valence-corrected chi connectivity index (χ3v) is 4.51. The Kier molecular flexibility index (Phi) is 5.64. The first-order chi connectivity index (χ1) is 7.79. The van der Waals surface area contributed by atoms with Crippen LogP contribution in [0.15, 0.2) is 15.9 Å². The molecule has 1 rings (SSSR count). The third-order valence-electron chi connectivity index (χ3n) is 2.83. The predicted octanol–water partition coefficient (Wildman–Crippen LogP) is 3.74. The van der Waals surface area contributed by atoms with Crippen molar-refractivity contribution >= 4 is 27.3 Å². The van der Waals surface area contributed by atoms with E-state index < -0.39 is 0 Å². The van der Waals surface area contributed by atoms with Crippen LogP contribution in [-0.4, -0.2) is 29.7 Å². The third kappa shape index (κ3) is 5.51. The van der Waals surface area contributed by atoms with E-state index in [1.165, 1.54) is 4.88 Å². The summed E-state index contributed by atoms with van der Waals surface area (Å²) in [5.74, 6) is 0. The normalized spacial score (nSPS) is 14.3. The highest BCUT2D eigenvalue weighted by atomic mass is 79.9. The van der Waals surface area contributed by atoms with Crippen molar-refractivity contribution in [2.24, 2.45) is 5.41 Å². The number of hydrogen-bond acceptors (Lipinski definition) is 3. The lowest BCUT2D eigenvalue weighted by atomic mass is 9.87. The molecule has 0 aliphatic carbocycles. The number of aliphatic hydroxyl groups is 1. The highest BCUT2D eigenvalue weighted by Gasteiger charge is 2.21. The second-order valence-corrected chi connectivity index (χ2v) is 7.55. The van der Waals surface area contributed by atoms with Gasteiger partial charge >= 0.3 is 0 Å². The molecule has 1 N–H and O–H groups in total. The fourth-order valence-corrected chi connectivity index (χ4v) is 3.09. The van der Waals surface area contributed by atoms with E-state index in [2.05, 4.69) is 60.1 Å². The van der Waals surface area contributed by atoms with Crippen LogP contribution in [0.3, 0.4) is 0 Å². The van der Waals surface area contributed by atoms with Crippen molar-refractivity contribution < 1.29 is 5.11 Å². The highest BCUT2D eigenvalue weighted by Crippen LogP contribution is 2.23. The topological polar surface area (TPSA) is 23.5 Å². The molecule has 0 aliphatic heterocycles. The molecule has 1 aromatic heterocycles. The summed E-state index contributed by atoms with van der Waals surface area (Å²) >= 11 is 5.23. The van der Waals surface area contributed by atoms with Gasteiger partial charge in [0.25, 0.3) is 0 Å². The zero-order chi connectivity index (χ0) is 13.1. The average molecular weight is 320 g/mol. The van der Waals surface area contributed by atoms with Gasteiger partial charge in [-0.2, -0.15) is 0 Å². The van der Waals surface area contributed by atoms with E-state index in [1.54, 1.807) is 11.3 Å². The lowest BCUT2D eigenvalue weighted by molar-refractivity contribution is 0.0474. The van der Waals surface area contributed by atoms with Crippen molar-refractivity contribution in [1.82, 2.24) is 4.90 Å². The summed E-state index contributed by atoms with van der Waals surface area (Å²) in [6.07, 6.45) is 0.590. The molecule has 4 heteroatoms. The molecule has 1 unspecified atom stereocenters. The first-order valence-electron chi connectivity index (χ1n) is 5.88. The molecule has 0 aliphatic rings. The first kappa shape index (κ1) is 15.2. The van der Waals surface area contributed by atoms with Crippen molar-refractivity contribution in [1.29, 1.82) is 0 Å². The summed E-state index contributed by atoms with van der Waals surface area (Å²) in [7, 11) is 2.10. The molecular formula is C13H22BrNOS. The van der Waals surface area contributed by atoms with Gasteiger partial charge in [-0.05, 0) is 40.9 Å². The number of halogens is 1. The Bertz CT molecular complexity index is 345. The Labute approximate surface area is 117 Å². The van der Waals surface area contributed by atoms with Gasteiger partial charge in [0.15, 0.2) is 0 Å². The lowest BCUT2D eigenvalue weighted by Gasteiger charge is -2.27. The average Bonchev–Trinajstić information content (AvgIpc) is 2.58. The Balaban J connectivity index is 2.33. The fourth-order valence-electron chi connectivity index (χ4n) is 1.56. The Morgan fingerprint density at radius 1 is 1.47 bits per heavy atom. The molecule has 2 nitrogen and oxygen atoms in total. The molecule has 98 valence electrons. The number of aliphatic hydroxyl groups excluding tert-OH is 1. The zero-order valence-corrected chi connectivity index (χ0v) is 13.4. The van der Waals surface area contributed by atoms with Gasteiger partial charge in [0.2, 0.25) is 0 Å². The second kappa shape index (κ2) is 6.32. The Morgan fingerprint density at radius 3 is 2.59 bits per heavy atom. The van der Waals surface area contributed by atoms with Crippen LogP contribution in [0.2, 0.25) is 0 Å². The maximum atomic E-state index is 9.97. The van der Waals surface area contributed by atoms with E-state index in [1.807, 2.05) is 0 Å². The van der Waals surface area contributed by atoms with Crippen molar-refractivity contribution in [3.05, 3.63) is 20.8 Å². The molecule has 0 fully saturated rings. The summed E-state index contributed by atoms with van der Waals surface area (Å²) < 4.78 is 1.15. The van der Waals surface area contributed by atoms with Crippen LogP contribution < -0.4 is 0 Å². The second-order valence-electron chi connectivity index (χ2n) is 5.64. The Hall–Kier alpha value is 0.1000. The summed E-state index contributed by atoms with van der Waals surface area (Å²) in [5.41, 5.74) is -0.0210. The molecule has 1 atom stereocenters. The molecule has 0 amide bonds. The minimum Gasteiger partial charge on any atom is -0.393 e. The number of hydrogen-bond donors (Lipinski definition) is 1. The van der Waals surface area contributed by atoms with Crippen LogP contribution in [-0.2, 0) is 6.54 Å². The first-order valence-corrected chi connectivity index (χ1v) is 7.56. The van der Waals surface area contributed by atoms with E-state index in [9.17, 15) is 5.11 Å². The van der Waals surface area contributed by atoms with Crippen molar-refractivity contribution in [2.75, 3.05) is 13.6 Å². The standard InChI is InChI=1S/C13H22BrNOS/c1-13(2,3)12(16)5-6-15(4)8-11-7-10(14)9-17-11/h7,9,12,16H,5-6,8H2,1-4H3. The minimum absolute atomic E-state index is 0.0210. The van der Waals surface area contributed by atoms with Crippen molar-refractivity contribution in [3.8, 4) is 0 Å². The number of rotatable bonds is 5. The molecule has 0 aromatic carbocycles. The number of thiophene rings is 1. The van der Waals surface area contributed by atoms with Gasteiger partial charge in [0.05, 0.1) is 6.10 Å². The van der Waals surface area contributed by atoms with Crippen LogP contribution in [0.4, 0.5) is 0 Å². The molecule has 0 bridgehead atoms. The molecular weight excluding hydrogens is 298 g/mol. The van der Waals surface area contributed by atoms with Gasteiger partial charge in [-0.1, -0.05) is 20.8 Å². The van der Waals surface area contributed by atoms with E-state index in [4.69, 9.17) is 0 Å². The van der Waals surface area contributed by atoms with Gasteiger partial charge in [-0.3, -0.25) is 0 Å². The largest absolute Gasteiger partial charge is 0.393 e. The SMILES string of the molecule is CN(CCC(O)C(C)(C)C)Cc1cc(Br)cs1. The maximum absolute atomic E-state index is 9.97. The summed E-state index contributed by atoms with van der Waals surface area (Å²) in [4.78, 5) is 3.61. The fraction of sp³-hybridized carbons (Fsp3) is 0.692. The van der Waals surface area contributed by atoms with Gasteiger partial charge in [-0.15, -0.1) is 11.3 Å². The van der Waals surface area contributed by atoms with Gasteiger partial charge < -0.3 is 10.0 Å². The number of nitrogens with zero attached hydrogens (tertiary/aromatic N) is 1. The summed E-state index contributed by atoms with van der Waals surface area (Å²) in [6.45, 7) is 8.11. The smallest absolute Gasteiger partial charge is 0.0600 e. The van der Waals surface area contributed by atoms with Gasteiger partial charge in [0, 0.05) is 27.8 Å².